The summed E-state index contributed by atoms with van der Waals surface area (Å²) in [7, 11) is 0. The molecule has 1 aliphatic rings. The minimum absolute atomic E-state index is 0.128. The van der Waals surface area contributed by atoms with Crippen LogP contribution in [-0.2, 0) is 29.3 Å². The third-order valence-corrected chi connectivity index (χ3v) is 8.44. The van der Waals surface area contributed by atoms with Crippen LogP contribution in [0, 0.1) is 6.92 Å². The molecule has 7 rings (SSSR count). The van der Waals surface area contributed by atoms with Gasteiger partial charge in [0.2, 0.25) is 6.79 Å². The number of carbonyl (C=O) groups excluding carboxylic acids is 1. The van der Waals surface area contributed by atoms with Gasteiger partial charge in [-0.05, 0) is 90.7 Å². The van der Waals surface area contributed by atoms with Gasteiger partial charge in [0, 0.05) is 23.0 Å². The van der Waals surface area contributed by atoms with Gasteiger partial charge in [0.05, 0.1) is 12.3 Å². The van der Waals surface area contributed by atoms with Crippen LogP contribution in [0.3, 0.4) is 0 Å². The molecule has 0 saturated heterocycles. The van der Waals surface area contributed by atoms with Crippen molar-refractivity contribution in [3.63, 3.8) is 0 Å². The maximum atomic E-state index is 11.8. The van der Waals surface area contributed by atoms with Crippen LogP contribution in [0.4, 0.5) is 0 Å². The molecule has 5 aromatic carbocycles. The van der Waals surface area contributed by atoms with Crippen molar-refractivity contribution < 1.29 is 33.2 Å². The predicted octanol–water partition coefficient (Wildman–Crippen LogP) is 8.49. The quantitative estimate of drug-likeness (QED) is 0.116. The first-order chi connectivity index (χ1) is 24.1. The number of rotatable bonds is 13. The van der Waals surface area contributed by atoms with E-state index in [1.165, 1.54) is 0 Å². The lowest BCUT2D eigenvalue weighted by Gasteiger charge is -2.16. The Morgan fingerprint density at radius 2 is 1.45 bits per heavy atom. The van der Waals surface area contributed by atoms with Gasteiger partial charge in [0.15, 0.2) is 18.1 Å². The lowest BCUT2D eigenvalue weighted by Crippen LogP contribution is -2.14. The molecule has 0 aliphatic carbocycles. The van der Waals surface area contributed by atoms with Crippen LogP contribution in [0.1, 0.15) is 29.2 Å². The first kappa shape index (κ1) is 31.7. The Kier molecular flexibility index (Phi) is 9.37. The molecule has 0 fully saturated rings. The summed E-state index contributed by atoms with van der Waals surface area (Å²) in [5.41, 5.74) is 7.41. The molecule has 0 radical (unpaired) electrons. The molecule has 248 valence electrons. The molecule has 0 atom stereocenters. The number of hydrogen-bond acceptors (Lipinski definition) is 7. The molecule has 6 aromatic rings. The van der Waals surface area contributed by atoms with E-state index in [1.807, 2.05) is 84.9 Å². The number of para-hydroxylation sites is 1. The van der Waals surface area contributed by atoms with Gasteiger partial charge < -0.3 is 33.0 Å². The summed E-state index contributed by atoms with van der Waals surface area (Å²) in [6.07, 6.45) is 0. The van der Waals surface area contributed by atoms with E-state index in [1.54, 1.807) is 6.92 Å². The molecule has 0 N–H and O–H groups in total. The zero-order valence-corrected chi connectivity index (χ0v) is 27.5. The highest BCUT2D eigenvalue weighted by Crippen LogP contribution is 2.40. The smallest absolute Gasteiger partial charge is 0.344 e. The van der Waals surface area contributed by atoms with E-state index in [-0.39, 0.29) is 13.4 Å². The fourth-order valence-electron chi connectivity index (χ4n) is 6.04. The number of esters is 1. The second-order valence-corrected chi connectivity index (χ2v) is 11.7. The van der Waals surface area contributed by atoms with Gasteiger partial charge in [-0.3, -0.25) is 0 Å². The lowest BCUT2D eigenvalue weighted by molar-refractivity contribution is -0.145. The summed E-state index contributed by atoms with van der Waals surface area (Å²) in [6, 6.07) is 38.2. The molecule has 0 saturated carbocycles. The number of benzene rings is 5. The number of aryl methyl sites for hydroxylation is 1. The van der Waals surface area contributed by atoms with Crippen LogP contribution >= 0.6 is 0 Å². The molecule has 8 nitrogen and oxygen atoms in total. The Hall–Kier alpha value is -5.89. The minimum Gasteiger partial charge on any atom is -0.489 e. The highest BCUT2D eigenvalue weighted by Gasteiger charge is 2.21. The second kappa shape index (κ2) is 14.5. The third-order valence-electron chi connectivity index (χ3n) is 8.44. The van der Waals surface area contributed by atoms with Crippen LogP contribution in [0.15, 0.2) is 115 Å². The van der Waals surface area contributed by atoms with Gasteiger partial charge in [0.25, 0.3) is 0 Å². The normalized spacial score (nSPS) is 11.8. The van der Waals surface area contributed by atoms with Crippen LogP contribution in [0.25, 0.3) is 22.2 Å². The van der Waals surface area contributed by atoms with E-state index in [2.05, 4.69) is 41.8 Å². The van der Waals surface area contributed by atoms with Crippen molar-refractivity contribution in [3.8, 4) is 40.0 Å². The number of fused-ring (bicyclic) bond motifs is 2. The molecule has 2 heterocycles. The molecule has 0 unspecified atom stereocenters. The van der Waals surface area contributed by atoms with Crippen molar-refractivity contribution in [2.45, 2.75) is 33.6 Å². The molecular weight excluding hydrogens is 618 g/mol. The van der Waals surface area contributed by atoms with E-state index in [4.69, 9.17) is 28.4 Å². The molecule has 0 bridgehead atoms. The number of carbonyl (C=O) groups is 1. The van der Waals surface area contributed by atoms with Crippen molar-refractivity contribution in [2.24, 2.45) is 0 Å². The minimum atomic E-state index is -0.392. The van der Waals surface area contributed by atoms with Crippen molar-refractivity contribution in [1.82, 2.24) is 4.57 Å². The zero-order chi connectivity index (χ0) is 33.6. The van der Waals surface area contributed by atoms with E-state index in [0.29, 0.717) is 32.1 Å². The second-order valence-electron chi connectivity index (χ2n) is 11.7. The molecule has 49 heavy (non-hydrogen) atoms. The predicted molar refractivity (Wildman–Crippen MR) is 187 cm³/mol. The Balaban J connectivity index is 1.21. The maximum Gasteiger partial charge on any atom is 0.344 e. The van der Waals surface area contributed by atoms with Gasteiger partial charge in [-0.2, -0.15) is 0 Å². The van der Waals surface area contributed by atoms with Crippen molar-refractivity contribution in [2.75, 3.05) is 20.0 Å². The van der Waals surface area contributed by atoms with E-state index < -0.39 is 5.97 Å². The molecule has 0 spiro atoms. The summed E-state index contributed by atoms with van der Waals surface area (Å²) in [5.74, 6) is 3.27. The molecule has 0 amide bonds. The zero-order valence-electron chi connectivity index (χ0n) is 27.5. The fourth-order valence-corrected chi connectivity index (χ4v) is 6.04. The first-order valence-corrected chi connectivity index (χ1v) is 16.3. The Labute approximate surface area is 285 Å². The lowest BCUT2D eigenvalue weighted by atomic mass is 10.0. The Morgan fingerprint density at radius 1 is 0.714 bits per heavy atom. The highest BCUT2D eigenvalue weighted by atomic mass is 16.7. The van der Waals surface area contributed by atoms with Crippen LogP contribution < -0.4 is 23.7 Å². The molecule has 1 aliphatic heterocycles. The SMILES string of the molecule is CCOC(=O)COc1ccc(Cn2c(-c3ccccc3OCc3ccc4c(c3)OCO4)c(C)c3cc(OCc4ccccc4)ccc32)cc1. The first-order valence-electron chi connectivity index (χ1n) is 16.3. The van der Waals surface area contributed by atoms with Gasteiger partial charge in [-0.15, -0.1) is 0 Å². The maximum absolute atomic E-state index is 11.8. The number of aromatic nitrogens is 1. The standard InChI is InChI=1S/C41H37NO7/c1-3-44-40(43)26-46-32-16-13-29(14-17-32)23-42-36-19-18-33(45-24-30-9-5-4-6-10-30)22-35(36)28(2)41(42)34-11-7-8-12-37(34)47-25-31-15-20-38-39(21-31)49-27-48-38/h4-22H,3,23-27H2,1-2H3. The van der Waals surface area contributed by atoms with Crippen molar-refractivity contribution in [3.05, 3.63) is 138 Å². The molecular formula is C41H37NO7. The Bertz CT molecular complexity index is 2070. The van der Waals surface area contributed by atoms with Gasteiger partial charge >= 0.3 is 5.97 Å². The van der Waals surface area contributed by atoms with Crippen molar-refractivity contribution >= 4 is 16.9 Å². The topological polar surface area (TPSA) is 77.4 Å². The number of nitrogens with zero attached hydrogens (tertiary/aromatic N) is 1. The summed E-state index contributed by atoms with van der Waals surface area (Å²) < 4.78 is 36.7. The van der Waals surface area contributed by atoms with Gasteiger partial charge in [-0.1, -0.05) is 60.7 Å². The highest BCUT2D eigenvalue weighted by molar-refractivity contribution is 5.93. The molecule has 8 heteroatoms. The average Bonchev–Trinajstić information content (AvgIpc) is 3.71. The van der Waals surface area contributed by atoms with Crippen LogP contribution in [0.2, 0.25) is 0 Å². The monoisotopic (exact) mass is 655 g/mol. The van der Waals surface area contributed by atoms with E-state index >= 15 is 0 Å². The van der Waals surface area contributed by atoms with Crippen molar-refractivity contribution in [1.29, 1.82) is 0 Å². The number of hydrogen-bond donors (Lipinski definition) is 0. The van der Waals surface area contributed by atoms with Crippen LogP contribution in [-0.4, -0.2) is 30.5 Å². The van der Waals surface area contributed by atoms with Crippen LogP contribution in [0.5, 0.6) is 28.7 Å². The number of ether oxygens (including phenoxy) is 6. The third kappa shape index (κ3) is 7.18. The molecule has 1 aromatic heterocycles. The van der Waals surface area contributed by atoms with Gasteiger partial charge in [-0.25, -0.2) is 4.79 Å². The summed E-state index contributed by atoms with van der Waals surface area (Å²) in [6.45, 7) is 5.80. The summed E-state index contributed by atoms with van der Waals surface area (Å²) >= 11 is 0. The van der Waals surface area contributed by atoms with E-state index in [0.717, 1.165) is 67.4 Å². The summed E-state index contributed by atoms with van der Waals surface area (Å²) in [4.78, 5) is 11.8. The van der Waals surface area contributed by atoms with E-state index in [9.17, 15) is 4.79 Å². The average molecular weight is 656 g/mol. The van der Waals surface area contributed by atoms with Gasteiger partial charge in [0.1, 0.15) is 30.5 Å². The Morgan fingerprint density at radius 3 is 2.29 bits per heavy atom. The summed E-state index contributed by atoms with van der Waals surface area (Å²) in [5, 5.41) is 1.10. The largest absolute Gasteiger partial charge is 0.489 e. The fraction of sp³-hybridized carbons (Fsp3) is 0.195.